The van der Waals surface area contributed by atoms with Crippen LogP contribution in [-0.2, 0) is 23.5 Å². The van der Waals surface area contributed by atoms with Gasteiger partial charge >= 0.3 is 12.4 Å². The van der Waals surface area contributed by atoms with E-state index in [1.54, 1.807) is 37.4 Å². The van der Waals surface area contributed by atoms with Crippen molar-refractivity contribution >= 4 is 16.8 Å². The van der Waals surface area contributed by atoms with E-state index in [9.17, 15) is 26.3 Å². The molecule has 0 radical (unpaired) electrons. The molecule has 1 aromatic heterocycles. The summed E-state index contributed by atoms with van der Waals surface area (Å²) in [5, 5.41) is 0.731. The van der Waals surface area contributed by atoms with Gasteiger partial charge in [-0.25, -0.2) is 4.99 Å². The number of fused-ring (bicyclic) bond motifs is 1. The monoisotopic (exact) mass is 454 g/mol. The molecule has 2 heterocycles. The van der Waals surface area contributed by atoms with Gasteiger partial charge in [-0.05, 0) is 43.7 Å². The number of aromatic nitrogens is 1. The van der Waals surface area contributed by atoms with E-state index < -0.39 is 29.1 Å². The Morgan fingerprint density at radius 1 is 0.969 bits per heavy atom. The number of hydrogen-bond donors (Lipinski definition) is 0. The molecule has 0 N–H and O–H groups in total. The molecule has 0 aliphatic carbocycles. The summed E-state index contributed by atoms with van der Waals surface area (Å²) in [5.74, 6) is 0.538. The number of hydrogen-bond acceptors (Lipinski definition) is 2. The standard InChI is InChI=1S/C23H20F6N2O/c1-13-30-20(21(2,3)32-13)8-14-12-31(19-7-5-4-6-18(14)19)17-10-15(22(24,25)26)9-16(11-17)23(27,28)29/h4-7,9-12,20H,8H2,1-3H3/t20-/m0/s1. The fourth-order valence-corrected chi connectivity index (χ4v) is 4.05. The van der Waals surface area contributed by atoms with Crippen LogP contribution in [0.3, 0.4) is 0 Å². The number of benzene rings is 2. The second-order valence-electron chi connectivity index (χ2n) is 8.38. The molecule has 32 heavy (non-hydrogen) atoms. The highest BCUT2D eigenvalue weighted by Crippen LogP contribution is 2.38. The molecular formula is C23H20F6N2O. The number of aliphatic imine (C=N–C) groups is 1. The van der Waals surface area contributed by atoms with Crippen molar-refractivity contribution in [2.24, 2.45) is 4.99 Å². The molecule has 1 aliphatic rings. The van der Waals surface area contributed by atoms with Crippen LogP contribution in [0.2, 0.25) is 0 Å². The van der Waals surface area contributed by atoms with E-state index in [0.29, 0.717) is 17.8 Å². The molecule has 0 unspecified atom stereocenters. The van der Waals surface area contributed by atoms with Crippen molar-refractivity contribution in [2.75, 3.05) is 0 Å². The molecule has 0 saturated heterocycles. The lowest BCUT2D eigenvalue weighted by Crippen LogP contribution is -2.34. The van der Waals surface area contributed by atoms with Gasteiger partial charge in [0, 0.05) is 30.6 Å². The van der Waals surface area contributed by atoms with Gasteiger partial charge < -0.3 is 9.30 Å². The van der Waals surface area contributed by atoms with Crippen molar-refractivity contribution in [1.29, 1.82) is 0 Å². The van der Waals surface area contributed by atoms with Gasteiger partial charge in [0.2, 0.25) is 0 Å². The third-order valence-corrected chi connectivity index (χ3v) is 5.61. The molecule has 3 aromatic rings. The van der Waals surface area contributed by atoms with Gasteiger partial charge in [-0.15, -0.1) is 0 Å². The van der Waals surface area contributed by atoms with Crippen LogP contribution in [0.1, 0.15) is 37.5 Å². The van der Waals surface area contributed by atoms with Crippen molar-refractivity contribution in [2.45, 2.75) is 51.2 Å². The second kappa shape index (κ2) is 7.28. The van der Waals surface area contributed by atoms with E-state index in [2.05, 4.69) is 4.99 Å². The van der Waals surface area contributed by atoms with E-state index in [-0.39, 0.29) is 17.8 Å². The summed E-state index contributed by atoms with van der Waals surface area (Å²) in [5.41, 5.74) is -2.23. The molecule has 0 fully saturated rings. The first-order valence-electron chi connectivity index (χ1n) is 9.88. The van der Waals surface area contributed by atoms with E-state index in [1.165, 1.54) is 4.57 Å². The Bertz CT molecular complexity index is 1170. The lowest BCUT2D eigenvalue weighted by molar-refractivity contribution is -0.143. The minimum absolute atomic E-state index is 0.131. The van der Waals surface area contributed by atoms with E-state index in [0.717, 1.165) is 23.1 Å². The Labute approximate surface area is 180 Å². The lowest BCUT2D eigenvalue weighted by Gasteiger charge is -2.24. The highest BCUT2D eigenvalue weighted by molar-refractivity contribution is 5.86. The Morgan fingerprint density at radius 3 is 2.09 bits per heavy atom. The van der Waals surface area contributed by atoms with Crippen LogP contribution in [0.25, 0.3) is 16.6 Å². The normalized spacial score (nSPS) is 18.7. The maximum absolute atomic E-state index is 13.4. The van der Waals surface area contributed by atoms with E-state index in [4.69, 9.17) is 4.74 Å². The van der Waals surface area contributed by atoms with Crippen LogP contribution in [0, 0.1) is 0 Å². The number of halogens is 6. The van der Waals surface area contributed by atoms with Gasteiger partial charge in [0.25, 0.3) is 0 Å². The zero-order valence-electron chi connectivity index (χ0n) is 17.5. The topological polar surface area (TPSA) is 26.5 Å². The fraction of sp³-hybridized carbons (Fsp3) is 0.348. The number of alkyl halides is 6. The molecule has 1 aliphatic heterocycles. The molecule has 0 amide bonds. The van der Waals surface area contributed by atoms with Crippen LogP contribution in [0.15, 0.2) is 53.7 Å². The molecule has 3 nitrogen and oxygen atoms in total. The Hall–Kier alpha value is -2.97. The van der Waals surface area contributed by atoms with Gasteiger partial charge in [0.15, 0.2) is 5.90 Å². The summed E-state index contributed by atoms with van der Waals surface area (Å²) in [6, 6.07) is 8.27. The molecule has 9 heteroatoms. The van der Waals surface area contributed by atoms with Gasteiger partial charge in [-0.1, -0.05) is 18.2 Å². The highest BCUT2D eigenvalue weighted by Gasteiger charge is 2.39. The zero-order valence-corrected chi connectivity index (χ0v) is 17.5. The minimum Gasteiger partial charge on any atom is -0.473 e. The van der Waals surface area contributed by atoms with Crippen LogP contribution >= 0.6 is 0 Å². The van der Waals surface area contributed by atoms with Crippen molar-refractivity contribution in [3.63, 3.8) is 0 Å². The molecule has 1 atom stereocenters. The first kappa shape index (κ1) is 22.2. The van der Waals surface area contributed by atoms with Crippen molar-refractivity contribution < 1.29 is 31.1 Å². The summed E-state index contributed by atoms with van der Waals surface area (Å²) in [6.45, 7) is 5.52. The largest absolute Gasteiger partial charge is 0.473 e. The molecular weight excluding hydrogens is 434 g/mol. The van der Waals surface area contributed by atoms with E-state index >= 15 is 0 Å². The van der Waals surface area contributed by atoms with Crippen molar-refractivity contribution in [1.82, 2.24) is 4.57 Å². The van der Waals surface area contributed by atoms with Gasteiger partial charge in [-0.3, -0.25) is 0 Å². The maximum Gasteiger partial charge on any atom is 0.416 e. The Balaban J connectivity index is 1.88. The van der Waals surface area contributed by atoms with Crippen LogP contribution in [-0.4, -0.2) is 22.1 Å². The molecule has 2 aromatic carbocycles. The highest BCUT2D eigenvalue weighted by atomic mass is 19.4. The van der Waals surface area contributed by atoms with Crippen molar-refractivity contribution in [3.8, 4) is 5.69 Å². The molecule has 170 valence electrons. The first-order chi connectivity index (χ1) is 14.8. The third-order valence-electron chi connectivity index (χ3n) is 5.61. The van der Waals surface area contributed by atoms with E-state index in [1.807, 2.05) is 13.8 Å². The van der Waals surface area contributed by atoms with Gasteiger partial charge in [-0.2, -0.15) is 26.3 Å². The van der Waals surface area contributed by atoms with Gasteiger partial charge in [0.05, 0.1) is 22.7 Å². The summed E-state index contributed by atoms with van der Waals surface area (Å²) in [6.07, 6.45) is -7.83. The lowest BCUT2D eigenvalue weighted by atomic mass is 9.93. The predicted octanol–water partition coefficient (Wildman–Crippen LogP) is 6.81. The summed E-state index contributed by atoms with van der Waals surface area (Å²) in [7, 11) is 0. The SMILES string of the molecule is CC1=N[C@@H](Cc2cn(-c3cc(C(F)(F)F)cc(C(F)(F)F)c3)c3ccccc23)C(C)(C)O1. The average Bonchev–Trinajstić information content (AvgIpc) is 3.16. The predicted molar refractivity (Wildman–Crippen MR) is 109 cm³/mol. The number of para-hydroxylation sites is 1. The molecule has 0 spiro atoms. The fourth-order valence-electron chi connectivity index (χ4n) is 4.05. The Kier molecular flexibility index (Phi) is 5.06. The smallest absolute Gasteiger partial charge is 0.416 e. The summed E-state index contributed by atoms with van der Waals surface area (Å²) < 4.78 is 87.3. The molecule has 0 bridgehead atoms. The average molecular weight is 454 g/mol. The number of rotatable bonds is 3. The number of ether oxygens (including phenoxy) is 1. The zero-order chi connectivity index (χ0) is 23.5. The third kappa shape index (κ3) is 4.08. The number of nitrogens with zero attached hydrogens (tertiary/aromatic N) is 2. The Morgan fingerprint density at radius 2 is 1.56 bits per heavy atom. The summed E-state index contributed by atoms with van der Waals surface area (Å²) in [4.78, 5) is 4.51. The van der Waals surface area contributed by atoms with Crippen LogP contribution < -0.4 is 0 Å². The minimum atomic E-state index is -4.92. The maximum atomic E-state index is 13.4. The van der Waals surface area contributed by atoms with Crippen LogP contribution in [0.4, 0.5) is 26.3 Å². The molecule has 0 saturated carbocycles. The van der Waals surface area contributed by atoms with Crippen molar-refractivity contribution in [3.05, 3.63) is 65.4 Å². The first-order valence-corrected chi connectivity index (χ1v) is 9.88. The summed E-state index contributed by atoms with van der Waals surface area (Å²) >= 11 is 0. The van der Waals surface area contributed by atoms with Crippen LogP contribution in [0.5, 0.6) is 0 Å². The quantitative estimate of drug-likeness (QED) is 0.400. The second-order valence-corrected chi connectivity index (χ2v) is 8.38. The molecule has 4 rings (SSSR count). The van der Waals surface area contributed by atoms with Gasteiger partial charge in [0.1, 0.15) is 5.60 Å².